The standard InChI is InChI=1S/C28H33N3O3/c1-19(26(32)29-23-10-6-3-7-11-23)20-14-16-31(17-15-20)28(33)22-12-13-24-25(18-22)34-27(30-24)21-8-4-2-5-9-21/h2,4-5,8-9,12-13,18-20,23H,3,6-7,10-11,14-17H2,1H3,(H,29,32). The fourth-order valence-electron chi connectivity index (χ4n) is 5.34. The lowest BCUT2D eigenvalue weighted by molar-refractivity contribution is -0.127. The predicted octanol–water partition coefficient (Wildman–Crippen LogP) is 5.43. The Kier molecular flexibility index (Phi) is 6.66. The van der Waals surface area contributed by atoms with Crippen LogP contribution in [0.4, 0.5) is 0 Å². The smallest absolute Gasteiger partial charge is 0.253 e. The number of amides is 2. The molecule has 2 fully saturated rings. The van der Waals surface area contributed by atoms with Crippen LogP contribution in [-0.2, 0) is 4.79 Å². The third-order valence-electron chi connectivity index (χ3n) is 7.56. The summed E-state index contributed by atoms with van der Waals surface area (Å²) < 4.78 is 5.94. The van der Waals surface area contributed by atoms with Crippen LogP contribution >= 0.6 is 0 Å². The first kappa shape index (κ1) is 22.6. The Bertz CT molecular complexity index is 1140. The van der Waals surface area contributed by atoms with Gasteiger partial charge in [-0.05, 0) is 61.9 Å². The number of nitrogens with zero attached hydrogens (tertiary/aromatic N) is 2. The minimum atomic E-state index is -0.0128. The van der Waals surface area contributed by atoms with Crippen molar-refractivity contribution in [3.63, 3.8) is 0 Å². The monoisotopic (exact) mass is 459 g/mol. The van der Waals surface area contributed by atoms with Crippen molar-refractivity contribution >= 4 is 22.9 Å². The number of likely N-dealkylation sites (tertiary alicyclic amines) is 1. The highest BCUT2D eigenvalue weighted by atomic mass is 16.3. The molecule has 0 spiro atoms. The Hall–Kier alpha value is -3.15. The summed E-state index contributed by atoms with van der Waals surface area (Å²) in [5.74, 6) is 1.06. The van der Waals surface area contributed by atoms with E-state index in [1.165, 1.54) is 19.3 Å². The molecule has 5 rings (SSSR count). The second kappa shape index (κ2) is 10.00. The first-order valence-corrected chi connectivity index (χ1v) is 12.6. The SMILES string of the molecule is CC(C(=O)NC1CCCCC1)C1CCN(C(=O)c2ccc3nc(-c4ccccc4)oc3c2)CC1. The van der Waals surface area contributed by atoms with Crippen LogP contribution in [0.3, 0.4) is 0 Å². The van der Waals surface area contributed by atoms with Gasteiger partial charge in [0.15, 0.2) is 5.58 Å². The molecule has 2 heterocycles. The zero-order valence-corrected chi connectivity index (χ0v) is 19.8. The molecule has 1 unspecified atom stereocenters. The molecule has 34 heavy (non-hydrogen) atoms. The van der Waals surface area contributed by atoms with Gasteiger partial charge in [-0.15, -0.1) is 0 Å². The van der Waals surface area contributed by atoms with E-state index in [2.05, 4.69) is 10.3 Å². The molecule has 2 aliphatic rings. The fourth-order valence-corrected chi connectivity index (χ4v) is 5.34. The van der Waals surface area contributed by atoms with E-state index in [1.807, 2.05) is 54.3 Å². The van der Waals surface area contributed by atoms with E-state index in [4.69, 9.17) is 4.42 Å². The highest BCUT2D eigenvalue weighted by molar-refractivity contribution is 5.97. The van der Waals surface area contributed by atoms with Crippen LogP contribution in [0.5, 0.6) is 0 Å². The molecule has 1 saturated carbocycles. The molecule has 1 aromatic heterocycles. The second-order valence-corrected chi connectivity index (χ2v) is 9.83. The normalized spacial score (nSPS) is 18.7. The third kappa shape index (κ3) is 4.86. The number of benzene rings is 2. The molecule has 178 valence electrons. The van der Waals surface area contributed by atoms with Crippen molar-refractivity contribution < 1.29 is 14.0 Å². The van der Waals surface area contributed by atoms with Crippen LogP contribution in [0.2, 0.25) is 0 Å². The summed E-state index contributed by atoms with van der Waals surface area (Å²) in [6.45, 7) is 3.39. The topological polar surface area (TPSA) is 75.4 Å². The molecular formula is C28H33N3O3. The van der Waals surface area contributed by atoms with Crippen molar-refractivity contribution in [1.29, 1.82) is 0 Å². The molecule has 3 aromatic rings. The molecule has 0 radical (unpaired) electrons. The number of fused-ring (bicyclic) bond motifs is 1. The number of carbonyl (C=O) groups excluding carboxylic acids is 2. The first-order chi connectivity index (χ1) is 16.6. The predicted molar refractivity (Wildman–Crippen MR) is 132 cm³/mol. The van der Waals surface area contributed by atoms with E-state index < -0.39 is 0 Å². The Morgan fingerprint density at radius 2 is 1.74 bits per heavy atom. The van der Waals surface area contributed by atoms with E-state index in [-0.39, 0.29) is 17.7 Å². The van der Waals surface area contributed by atoms with Gasteiger partial charge >= 0.3 is 0 Å². The van der Waals surface area contributed by atoms with Crippen LogP contribution in [0.1, 0.15) is 62.2 Å². The van der Waals surface area contributed by atoms with Crippen molar-refractivity contribution in [2.45, 2.75) is 57.9 Å². The average molecular weight is 460 g/mol. The molecule has 1 aliphatic heterocycles. The third-order valence-corrected chi connectivity index (χ3v) is 7.56. The van der Waals surface area contributed by atoms with Gasteiger partial charge in [0.05, 0.1) is 0 Å². The minimum absolute atomic E-state index is 0.0114. The lowest BCUT2D eigenvalue weighted by atomic mass is 9.84. The summed E-state index contributed by atoms with van der Waals surface area (Å²) in [5, 5.41) is 3.27. The van der Waals surface area contributed by atoms with Gasteiger partial charge in [0.2, 0.25) is 11.8 Å². The lowest BCUT2D eigenvalue weighted by Gasteiger charge is -2.35. The van der Waals surface area contributed by atoms with Gasteiger partial charge in [0, 0.05) is 36.2 Å². The van der Waals surface area contributed by atoms with Crippen LogP contribution in [0, 0.1) is 11.8 Å². The Morgan fingerprint density at radius 3 is 2.47 bits per heavy atom. The van der Waals surface area contributed by atoms with Crippen molar-refractivity contribution in [3.05, 3.63) is 54.1 Å². The number of nitrogens with one attached hydrogen (secondary N) is 1. The summed E-state index contributed by atoms with van der Waals surface area (Å²) in [6.07, 6.45) is 7.63. The molecule has 1 atom stereocenters. The zero-order valence-electron chi connectivity index (χ0n) is 19.8. The van der Waals surface area contributed by atoms with E-state index in [0.29, 0.717) is 42.1 Å². The van der Waals surface area contributed by atoms with E-state index in [1.54, 1.807) is 6.07 Å². The van der Waals surface area contributed by atoms with E-state index in [9.17, 15) is 9.59 Å². The van der Waals surface area contributed by atoms with Gasteiger partial charge in [-0.1, -0.05) is 44.4 Å². The summed E-state index contributed by atoms with van der Waals surface area (Å²) in [6, 6.07) is 15.6. The maximum Gasteiger partial charge on any atom is 0.253 e. The van der Waals surface area contributed by atoms with Crippen LogP contribution < -0.4 is 5.32 Å². The van der Waals surface area contributed by atoms with Crippen LogP contribution in [-0.4, -0.2) is 40.8 Å². The molecule has 1 aliphatic carbocycles. The largest absolute Gasteiger partial charge is 0.436 e. The highest BCUT2D eigenvalue weighted by Gasteiger charge is 2.31. The summed E-state index contributed by atoms with van der Waals surface area (Å²) in [5.41, 5.74) is 2.89. The molecule has 6 nitrogen and oxygen atoms in total. The molecule has 6 heteroatoms. The molecular weight excluding hydrogens is 426 g/mol. The highest BCUT2D eigenvalue weighted by Crippen LogP contribution is 2.29. The van der Waals surface area contributed by atoms with Crippen molar-refractivity contribution in [2.24, 2.45) is 11.8 Å². The second-order valence-electron chi connectivity index (χ2n) is 9.83. The number of aromatic nitrogens is 1. The maximum atomic E-state index is 13.2. The van der Waals surface area contributed by atoms with Crippen molar-refractivity contribution in [2.75, 3.05) is 13.1 Å². The van der Waals surface area contributed by atoms with Crippen molar-refractivity contribution in [1.82, 2.24) is 15.2 Å². The van der Waals surface area contributed by atoms with Crippen LogP contribution in [0.15, 0.2) is 52.9 Å². The number of oxazole rings is 1. The lowest BCUT2D eigenvalue weighted by Crippen LogP contribution is -2.45. The average Bonchev–Trinajstić information content (AvgIpc) is 3.32. The number of piperidine rings is 1. The fraction of sp³-hybridized carbons (Fsp3) is 0.464. The summed E-state index contributed by atoms with van der Waals surface area (Å²) in [7, 11) is 0. The van der Waals surface area contributed by atoms with Crippen molar-refractivity contribution in [3.8, 4) is 11.5 Å². The van der Waals surface area contributed by atoms with E-state index >= 15 is 0 Å². The van der Waals surface area contributed by atoms with Gasteiger partial charge in [-0.25, -0.2) is 4.98 Å². The Labute approximate surface area is 200 Å². The molecule has 2 amide bonds. The molecule has 0 bridgehead atoms. The number of rotatable bonds is 5. The van der Waals surface area contributed by atoms with Crippen LogP contribution in [0.25, 0.3) is 22.6 Å². The maximum absolute atomic E-state index is 13.2. The zero-order chi connectivity index (χ0) is 23.5. The Balaban J connectivity index is 1.19. The molecule has 2 aromatic carbocycles. The molecule has 1 saturated heterocycles. The molecule has 1 N–H and O–H groups in total. The summed E-state index contributed by atoms with van der Waals surface area (Å²) in [4.78, 5) is 32.4. The van der Waals surface area contributed by atoms with Gasteiger partial charge < -0.3 is 14.6 Å². The number of hydrogen-bond donors (Lipinski definition) is 1. The number of carbonyl (C=O) groups is 2. The first-order valence-electron chi connectivity index (χ1n) is 12.6. The summed E-state index contributed by atoms with van der Waals surface area (Å²) >= 11 is 0. The van der Waals surface area contributed by atoms with Gasteiger partial charge in [0.25, 0.3) is 5.91 Å². The number of hydrogen-bond acceptors (Lipinski definition) is 4. The minimum Gasteiger partial charge on any atom is -0.436 e. The van der Waals surface area contributed by atoms with Gasteiger partial charge in [0.1, 0.15) is 5.52 Å². The Morgan fingerprint density at radius 1 is 1.00 bits per heavy atom. The van der Waals surface area contributed by atoms with E-state index in [0.717, 1.165) is 36.8 Å². The van der Waals surface area contributed by atoms with Gasteiger partial charge in [-0.3, -0.25) is 9.59 Å². The van der Waals surface area contributed by atoms with Gasteiger partial charge in [-0.2, -0.15) is 0 Å². The quantitative estimate of drug-likeness (QED) is 0.552.